The van der Waals surface area contributed by atoms with Crippen LogP contribution >= 0.6 is 11.6 Å². The topological polar surface area (TPSA) is 62.9 Å². The molecule has 0 saturated carbocycles. The van der Waals surface area contributed by atoms with Crippen LogP contribution in [0, 0.1) is 11.8 Å². The van der Waals surface area contributed by atoms with E-state index in [2.05, 4.69) is 26.2 Å². The van der Waals surface area contributed by atoms with Crippen LogP contribution in [0.15, 0.2) is 0 Å². The van der Waals surface area contributed by atoms with Gasteiger partial charge in [0.15, 0.2) is 0 Å². The highest BCUT2D eigenvalue weighted by Gasteiger charge is 2.45. The lowest BCUT2D eigenvalue weighted by Crippen LogP contribution is -2.64. The molecule has 11 heteroatoms. The van der Waals surface area contributed by atoms with Crippen molar-refractivity contribution in [3.05, 3.63) is 0 Å². The van der Waals surface area contributed by atoms with E-state index >= 15 is 0 Å². The minimum Gasteiger partial charge on any atom is -0.300 e. The van der Waals surface area contributed by atoms with Gasteiger partial charge in [-0.25, -0.2) is 10.4 Å². The summed E-state index contributed by atoms with van der Waals surface area (Å²) >= 11 is 6.35. The molecular weight excluding hydrogens is 433 g/mol. The van der Waals surface area contributed by atoms with Crippen LogP contribution in [0.1, 0.15) is 32.6 Å². The van der Waals surface area contributed by atoms with Crippen molar-refractivity contribution >= 4 is 17.5 Å². The summed E-state index contributed by atoms with van der Waals surface area (Å²) in [6.07, 6.45) is -2.15. The molecule has 0 aromatic heterocycles. The molecule has 4 saturated heterocycles. The van der Waals surface area contributed by atoms with Crippen LogP contribution in [-0.4, -0.2) is 96.2 Å². The van der Waals surface area contributed by atoms with E-state index in [0.717, 1.165) is 45.4 Å². The number of carbonyl (C=O) groups excluding carboxylic acids is 1. The Morgan fingerprint density at radius 1 is 1.16 bits per heavy atom. The molecule has 6 atom stereocenters. The fraction of sp³-hybridized carbons (Fsp3) is 0.950. The molecule has 0 aromatic carbocycles. The first-order valence-corrected chi connectivity index (χ1v) is 11.9. The summed E-state index contributed by atoms with van der Waals surface area (Å²) in [5, 5.41) is 1.65. The highest BCUT2D eigenvalue weighted by Crippen LogP contribution is 2.35. The third-order valence-corrected chi connectivity index (χ3v) is 8.06. The van der Waals surface area contributed by atoms with Gasteiger partial charge >= 0.3 is 6.18 Å². The number of carbonyl (C=O) groups is 1. The molecule has 0 bridgehead atoms. The van der Waals surface area contributed by atoms with Crippen molar-refractivity contribution < 1.29 is 18.0 Å². The Labute approximate surface area is 186 Å². The van der Waals surface area contributed by atoms with Crippen LogP contribution in [0.5, 0.6) is 0 Å². The number of fused-ring (bicyclic) bond motifs is 1. The SMILES string of the molecule is CCN1CCCC(CN2NCC3CN(C4CNNC(=O)C4Cl)CCC32)C1CC(F)(F)F. The molecule has 7 nitrogen and oxygen atoms in total. The zero-order valence-electron chi connectivity index (χ0n) is 18.0. The molecule has 0 aromatic rings. The maximum Gasteiger partial charge on any atom is 0.390 e. The molecule has 6 unspecified atom stereocenters. The Bertz CT molecular complexity index is 641. The van der Waals surface area contributed by atoms with E-state index < -0.39 is 24.0 Å². The lowest BCUT2D eigenvalue weighted by Gasteiger charge is -2.45. The van der Waals surface area contributed by atoms with Crippen LogP contribution < -0.4 is 16.3 Å². The molecule has 0 aliphatic carbocycles. The molecule has 0 radical (unpaired) electrons. The van der Waals surface area contributed by atoms with E-state index in [1.54, 1.807) is 0 Å². The summed E-state index contributed by atoms with van der Waals surface area (Å²) in [6.45, 7) is 7.13. The molecule has 4 fully saturated rings. The van der Waals surface area contributed by atoms with Crippen molar-refractivity contribution in [1.29, 1.82) is 0 Å². The van der Waals surface area contributed by atoms with Gasteiger partial charge in [0.25, 0.3) is 5.91 Å². The minimum atomic E-state index is -4.14. The van der Waals surface area contributed by atoms with E-state index in [0.29, 0.717) is 31.6 Å². The number of hydrogen-bond acceptors (Lipinski definition) is 6. The van der Waals surface area contributed by atoms with Crippen LogP contribution in [0.3, 0.4) is 0 Å². The number of nitrogens with zero attached hydrogens (tertiary/aromatic N) is 3. The third kappa shape index (κ3) is 5.30. The molecule has 178 valence electrons. The van der Waals surface area contributed by atoms with Crippen LogP contribution in [0.4, 0.5) is 13.2 Å². The largest absolute Gasteiger partial charge is 0.390 e. The van der Waals surface area contributed by atoms with Crippen molar-refractivity contribution in [3.8, 4) is 0 Å². The molecular formula is C20H34ClF3N6O. The number of nitrogens with one attached hydrogen (secondary N) is 3. The predicted molar refractivity (Wildman–Crippen MR) is 112 cm³/mol. The number of amides is 1. The molecule has 4 aliphatic heterocycles. The summed E-state index contributed by atoms with van der Waals surface area (Å²) in [6, 6.07) is -0.166. The Kier molecular flexibility index (Phi) is 7.34. The highest BCUT2D eigenvalue weighted by atomic mass is 35.5. The lowest BCUT2D eigenvalue weighted by molar-refractivity contribution is -0.156. The number of hydrazine groups is 2. The summed E-state index contributed by atoms with van der Waals surface area (Å²) in [5.41, 5.74) is 8.98. The predicted octanol–water partition coefficient (Wildman–Crippen LogP) is 1.16. The van der Waals surface area contributed by atoms with Gasteiger partial charge in [-0.05, 0) is 38.3 Å². The Morgan fingerprint density at radius 2 is 1.97 bits per heavy atom. The molecule has 3 N–H and O–H groups in total. The summed E-state index contributed by atoms with van der Waals surface area (Å²) in [5.74, 6) is 0.201. The summed E-state index contributed by atoms with van der Waals surface area (Å²) in [7, 11) is 0. The first kappa shape index (κ1) is 23.5. The average molecular weight is 467 g/mol. The third-order valence-electron chi connectivity index (χ3n) is 7.57. The zero-order chi connectivity index (χ0) is 22.2. The number of hydrogen-bond donors (Lipinski definition) is 3. The van der Waals surface area contributed by atoms with Crippen LogP contribution in [0.2, 0.25) is 0 Å². The number of likely N-dealkylation sites (tertiary alicyclic amines) is 2. The molecule has 4 rings (SSSR count). The average Bonchev–Trinajstić information content (AvgIpc) is 3.12. The quantitative estimate of drug-likeness (QED) is 0.529. The summed E-state index contributed by atoms with van der Waals surface area (Å²) < 4.78 is 39.8. The normalized spacial score (nSPS) is 38.8. The smallest absolute Gasteiger partial charge is 0.300 e. The number of alkyl halides is 4. The number of rotatable bonds is 5. The minimum absolute atomic E-state index is 0.0121. The monoisotopic (exact) mass is 466 g/mol. The summed E-state index contributed by atoms with van der Waals surface area (Å²) in [4.78, 5) is 16.2. The Balaban J connectivity index is 1.37. The van der Waals surface area contributed by atoms with Gasteiger partial charge in [0.2, 0.25) is 0 Å². The second kappa shape index (κ2) is 9.69. The second-order valence-electron chi connectivity index (χ2n) is 9.38. The van der Waals surface area contributed by atoms with Gasteiger partial charge in [0, 0.05) is 56.8 Å². The van der Waals surface area contributed by atoms with Gasteiger partial charge in [-0.2, -0.15) is 13.2 Å². The van der Waals surface area contributed by atoms with Gasteiger partial charge in [-0.1, -0.05) is 6.92 Å². The maximum absolute atomic E-state index is 13.3. The van der Waals surface area contributed by atoms with Gasteiger partial charge < -0.3 is 0 Å². The van der Waals surface area contributed by atoms with Gasteiger partial charge in [-0.15, -0.1) is 11.6 Å². The van der Waals surface area contributed by atoms with Gasteiger partial charge in [-0.3, -0.25) is 25.4 Å². The molecule has 31 heavy (non-hydrogen) atoms. The Morgan fingerprint density at radius 3 is 2.71 bits per heavy atom. The number of halogens is 4. The van der Waals surface area contributed by atoms with E-state index in [4.69, 9.17) is 11.6 Å². The van der Waals surface area contributed by atoms with E-state index in [1.807, 2.05) is 11.8 Å². The van der Waals surface area contributed by atoms with Gasteiger partial charge in [0.1, 0.15) is 5.38 Å². The van der Waals surface area contributed by atoms with Crippen molar-refractivity contribution in [2.75, 3.05) is 45.8 Å². The van der Waals surface area contributed by atoms with E-state index in [-0.39, 0.29) is 17.9 Å². The molecule has 4 heterocycles. The van der Waals surface area contributed by atoms with Crippen molar-refractivity contribution in [2.45, 2.75) is 62.3 Å². The van der Waals surface area contributed by atoms with Crippen molar-refractivity contribution in [1.82, 2.24) is 31.1 Å². The maximum atomic E-state index is 13.3. The first-order chi connectivity index (χ1) is 14.8. The zero-order valence-corrected chi connectivity index (χ0v) is 18.8. The molecule has 1 amide bonds. The van der Waals surface area contributed by atoms with Crippen LogP contribution in [0.25, 0.3) is 0 Å². The van der Waals surface area contributed by atoms with Gasteiger partial charge in [0.05, 0.1) is 6.42 Å². The highest BCUT2D eigenvalue weighted by molar-refractivity contribution is 6.31. The van der Waals surface area contributed by atoms with Crippen LogP contribution in [-0.2, 0) is 4.79 Å². The fourth-order valence-corrected chi connectivity index (χ4v) is 6.32. The second-order valence-corrected chi connectivity index (χ2v) is 9.85. The van der Waals surface area contributed by atoms with E-state index in [1.165, 1.54) is 0 Å². The molecule has 4 aliphatic rings. The first-order valence-electron chi connectivity index (χ1n) is 11.5. The number of piperidine rings is 2. The van der Waals surface area contributed by atoms with Crippen molar-refractivity contribution in [3.63, 3.8) is 0 Å². The Hall–Kier alpha value is -0.650. The van der Waals surface area contributed by atoms with Crippen molar-refractivity contribution in [2.24, 2.45) is 11.8 Å². The standard InChI is InChI=1S/C20H34ClF3N6O/c1-2-28-6-3-4-13(16(28)8-20(22,23)24)12-30-15-5-7-29(11-14(15)9-26-30)17-10-25-27-19(31)18(17)21/h13-18,25-26H,2-12H2,1H3,(H,27,31). The fourth-order valence-electron chi connectivity index (χ4n) is 6.02. The lowest BCUT2D eigenvalue weighted by atomic mass is 9.85. The molecule has 0 spiro atoms. The van der Waals surface area contributed by atoms with E-state index in [9.17, 15) is 18.0 Å².